The van der Waals surface area contributed by atoms with Gasteiger partial charge in [-0.15, -0.1) is 5.12 Å². The summed E-state index contributed by atoms with van der Waals surface area (Å²) in [6.45, 7) is 6.19. The van der Waals surface area contributed by atoms with E-state index in [-0.39, 0.29) is 5.69 Å². The molecule has 0 fully saturated rings. The van der Waals surface area contributed by atoms with Gasteiger partial charge in [0.2, 0.25) is 5.95 Å². The van der Waals surface area contributed by atoms with Crippen molar-refractivity contribution in [1.29, 1.82) is 0 Å². The van der Waals surface area contributed by atoms with Crippen molar-refractivity contribution >= 4 is 19.9 Å². The molecule has 0 spiro atoms. The Morgan fingerprint density at radius 3 is 2.68 bits per heavy atom. The van der Waals surface area contributed by atoms with Crippen LogP contribution in [-0.2, 0) is 0 Å². The van der Waals surface area contributed by atoms with Gasteiger partial charge < -0.3 is 5.11 Å². The highest BCUT2D eigenvalue weighted by Crippen LogP contribution is 2.26. The summed E-state index contributed by atoms with van der Waals surface area (Å²) in [6, 6.07) is 3.03. The number of hydrogen-bond donors (Lipinski definition) is 2. The first-order valence-corrected chi connectivity index (χ1v) is 9.22. The van der Waals surface area contributed by atoms with E-state index in [1.807, 2.05) is 0 Å². The molecule has 1 aliphatic rings. The zero-order chi connectivity index (χ0) is 14.2. The second kappa shape index (κ2) is 4.54. The molecule has 0 saturated carbocycles. The van der Waals surface area contributed by atoms with Crippen molar-refractivity contribution in [2.75, 3.05) is 5.01 Å². The average molecular weight is 282 g/mol. The van der Waals surface area contributed by atoms with Gasteiger partial charge in [-0.3, -0.25) is 5.43 Å². The Balaban J connectivity index is 2.43. The fraction of sp³-hybridized carbons (Fsp3) is 0.273. The topological polar surface area (TPSA) is 68.7 Å². The second-order valence-corrected chi connectivity index (χ2v) is 10.2. The Morgan fingerprint density at radius 1 is 1.47 bits per heavy atom. The van der Waals surface area contributed by atoms with Crippen molar-refractivity contribution in [2.24, 2.45) is 0 Å². The SMILES string of the molecule is C[Si](C)(C)C1=CN(c2cccnc2F)N(C(=O)O)N1. The number of hydrogen-bond acceptors (Lipinski definition) is 4. The molecule has 0 aliphatic carbocycles. The van der Waals surface area contributed by atoms with Crippen LogP contribution in [0.1, 0.15) is 0 Å². The van der Waals surface area contributed by atoms with Crippen molar-refractivity contribution < 1.29 is 14.3 Å². The molecule has 1 aliphatic heterocycles. The van der Waals surface area contributed by atoms with Crippen molar-refractivity contribution in [1.82, 2.24) is 15.5 Å². The van der Waals surface area contributed by atoms with E-state index in [0.29, 0.717) is 0 Å². The van der Waals surface area contributed by atoms with Crippen LogP contribution in [0.5, 0.6) is 0 Å². The smallest absolute Gasteiger partial charge is 0.446 e. The Labute approximate surface area is 111 Å². The highest BCUT2D eigenvalue weighted by molar-refractivity contribution is 6.83. The summed E-state index contributed by atoms with van der Waals surface area (Å²) < 4.78 is 13.7. The molecule has 0 bridgehead atoms. The van der Waals surface area contributed by atoms with E-state index in [1.165, 1.54) is 17.3 Å². The number of pyridine rings is 1. The Bertz CT molecular complexity index is 544. The van der Waals surface area contributed by atoms with Crippen LogP contribution in [0.3, 0.4) is 0 Å². The van der Waals surface area contributed by atoms with Crippen molar-refractivity contribution in [3.05, 3.63) is 35.8 Å². The maximum Gasteiger partial charge on any atom is 0.446 e. The Hall–Kier alpha value is -2.09. The molecule has 19 heavy (non-hydrogen) atoms. The summed E-state index contributed by atoms with van der Waals surface area (Å²) >= 11 is 0. The van der Waals surface area contributed by atoms with Gasteiger partial charge in [-0.2, -0.15) is 4.39 Å². The van der Waals surface area contributed by atoms with Crippen LogP contribution in [0.4, 0.5) is 14.9 Å². The molecule has 0 atom stereocenters. The van der Waals surface area contributed by atoms with Crippen molar-refractivity contribution in [2.45, 2.75) is 19.6 Å². The minimum atomic E-state index is -1.74. The van der Waals surface area contributed by atoms with E-state index in [9.17, 15) is 14.3 Å². The standard InChI is InChI=1S/C11H15FN4O2Si/c1-19(2,3)9-7-15(16(14-9)11(17)18)8-5-4-6-13-10(8)12/h4-7,14H,1-3H3,(H,17,18). The molecule has 0 aromatic carbocycles. The van der Waals surface area contributed by atoms with Gasteiger partial charge in [-0.05, 0) is 12.1 Å². The lowest BCUT2D eigenvalue weighted by Gasteiger charge is -2.26. The highest BCUT2D eigenvalue weighted by atomic mass is 28.3. The Morgan fingerprint density at radius 2 is 2.16 bits per heavy atom. The number of rotatable bonds is 2. The molecule has 1 aromatic rings. The fourth-order valence-electron chi connectivity index (χ4n) is 1.60. The molecule has 8 heteroatoms. The van der Waals surface area contributed by atoms with E-state index in [4.69, 9.17) is 0 Å². The monoisotopic (exact) mass is 282 g/mol. The maximum absolute atomic E-state index is 13.7. The lowest BCUT2D eigenvalue weighted by atomic mass is 10.4. The summed E-state index contributed by atoms with van der Waals surface area (Å²) in [4.78, 5) is 14.8. The number of aromatic nitrogens is 1. The van der Waals surface area contributed by atoms with E-state index >= 15 is 0 Å². The first kappa shape index (κ1) is 13.3. The van der Waals surface area contributed by atoms with Gasteiger partial charge in [0.1, 0.15) is 13.8 Å². The Kier molecular flexibility index (Phi) is 3.19. The first-order chi connectivity index (χ1) is 8.80. The van der Waals surface area contributed by atoms with Crippen molar-refractivity contribution in [3.8, 4) is 0 Å². The number of hydrazine groups is 2. The summed E-state index contributed by atoms with van der Waals surface area (Å²) in [5.74, 6) is -0.719. The van der Waals surface area contributed by atoms with Crippen LogP contribution in [0.25, 0.3) is 0 Å². The number of nitrogens with one attached hydrogen (secondary N) is 1. The predicted octanol–water partition coefficient (Wildman–Crippen LogP) is 2.16. The highest BCUT2D eigenvalue weighted by Gasteiger charge is 2.34. The number of carbonyl (C=O) groups is 1. The molecule has 102 valence electrons. The van der Waals surface area contributed by atoms with E-state index in [1.54, 1.807) is 12.3 Å². The molecule has 2 rings (SSSR count). The van der Waals surface area contributed by atoms with Gasteiger partial charge in [0.15, 0.2) is 0 Å². The van der Waals surface area contributed by atoms with Gasteiger partial charge in [-0.25, -0.2) is 14.8 Å². The molecule has 1 aromatic heterocycles. The minimum Gasteiger partial charge on any atom is -0.462 e. The average Bonchev–Trinajstić information content (AvgIpc) is 2.74. The minimum absolute atomic E-state index is 0.0886. The fourth-order valence-corrected chi connectivity index (χ4v) is 2.55. The van der Waals surface area contributed by atoms with E-state index in [2.05, 4.69) is 30.1 Å². The van der Waals surface area contributed by atoms with Gasteiger partial charge >= 0.3 is 6.09 Å². The normalized spacial score (nSPS) is 15.3. The van der Waals surface area contributed by atoms with Gasteiger partial charge in [0, 0.05) is 17.7 Å². The third-order valence-corrected chi connectivity index (χ3v) is 4.53. The van der Waals surface area contributed by atoms with E-state index < -0.39 is 20.1 Å². The largest absolute Gasteiger partial charge is 0.462 e. The van der Waals surface area contributed by atoms with Crippen LogP contribution in [-0.4, -0.2) is 29.4 Å². The first-order valence-electron chi connectivity index (χ1n) is 5.72. The maximum atomic E-state index is 13.7. The molecule has 2 N–H and O–H groups in total. The van der Waals surface area contributed by atoms with Crippen LogP contribution in [0.2, 0.25) is 19.6 Å². The molecule has 6 nitrogen and oxygen atoms in total. The number of halogens is 1. The molecule has 0 radical (unpaired) electrons. The second-order valence-electron chi connectivity index (χ2n) is 5.16. The van der Waals surface area contributed by atoms with Gasteiger partial charge in [0.05, 0.1) is 0 Å². The predicted molar refractivity (Wildman–Crippen MR) is 71.1 cm³/mol. The zero-order valence-corrected chi connectivity index (χ0v) is 11.9. The molecule has 2 heterocycles. The number of amides is 1. The quantitative estimate of drug-likeness (QED) is 0.642. The van der Waals surface area contributed by atoms with Crippen LogP contribution in [0, 0.1) is 5.95 Å². The number of anilines is 1. The molecule has 0 saturated heterocycles. The third-order valence-electron chi connectivity index (χ3n) is 2.67. The molecular formula is C11H15FN4O2Si. The summed E-state index contributed by atoms with van der Waals surface area (Å²) in [5.41, 5.74) is 2.88. The van der Waals surface area contributed by atoms with Crippen molar-refractivity contribution in [3.63, 3.8) is 0 Å². The molecule has 0 unspecified atom stereocenters. The molecule has 1 amide bonds. The number of nitrogens with zero attached hydrogens (tertiary/aromatic N) is 3. The van der Waals surface area contributed by atoms with E-state index in [0.717, 1.165) is 10.4 Å². The molecular weight excluding hydrogens is 267 g/mol. The third kappa shape index (κ3) is 2.52. The summed E-state index contributed by atoms with van der Waals surface area (Å²) in [7, 11) is -1.74. The summed E-state index contributed by atoms with van der Waals surface area (Å²) in [5, 5.41) is 12.1. The number of carboxylic acid groups (broad SMARTS) is 1. The van der Waals surface area contributed by atoms with Gasteiger partial charge in [0.25, 0.3) is 0 Å². The summed E-state index contributed by atoms with van der Waals surface area (Å²) in [6.07, 6.45) is 1.71. The van der Waals surface area contributed by atoms with Crippen LogP contribution < -0.4 is 10.4 Å². The zero-order valence-electron chi connectivity index (χ0n) is 10.9. The van der Waals surface area contributed by atoms with Gasteiger partial charge in [-0.1, -0.05) is 19.6 Å². The van der Waals surface area contributed by atoms with Crippen LogP contribution >= 0.6 is 0 Å². The lowest BCUT2D eigenvalue weighted by molar-refractivity contribution is 0.134. The van der Waals surface area contributed by atoms with Crippen LogP contribution in [0.15, 0.2) is 29.8 Å². The lowest BCUT2D eigenvalue weighted by Crippen LogP contribution is -2.48.